The van der Waals surface area contributed by atoms with Gasteiger partial charge in [0, 0.05) is 18.4 Å². The Morgan fingerprint density at radius 2 is 1.57 bits per heavy atom. The molecular formula is C42H48FN3O10. The van der Waals surface area contributed by atoms with Gasteiger partial charge in [-0.15, -0.1) is 0 Å². The summed E-state index contributed by atoms with van der Waals surface area (Å²) in [7, 11) is 0. The van der Waals surface area contributed by atoms with Crippen molar-refractivity contribution in [2.24, 2.45) is 29.4 Å². The van der Waals surface area contributed by atoms with Crippen molar-refractivity contribution < 1.29 is 53.0 Å². The molecule has 2 saturated carbocycles. The first-order valence-electron chi connectivity index (χ1n) is 18.8. The number of primary amides is 1. The van der Waals surface area contributed by atoms with Crippen molar-refractivity contribution in [3.8, 4) is 0 Å². The Morgan fingerprint density at radius 3 is 2.20 bits per heavy atom. The minimum atomic E-state index is -1.51. The van der Waals surface area contributed by atoms with Crippen LogP contribution in [0.2, 0.25) is 0 Å². The van der Waals surface area contributed by atoms with E-state index in [0.717, 1.165) is 31.4 Å². The summed E-state index contributed by atoms with van der Waals surface area (Å²) in [6.07, 6.45) is 6.50. The third-order valence-electron chi connectivity index (χ3n) is 10.8. The number of aliphatic hydroxyl groups excluding tert-OH is 1. The Hall–Kier alpha value is -5.63. The van der Waals surface area contributed by atoms with Crippen molar-refractivity contribution in [2.75, 3.05) is 13.2 Å². The molecule has 0 heterocycles. The van der Waals surface area contributed by atoms with Crippen LogP contribution >= 0.6 is 0 Å². The van der Waals surface area contributed by atoms with Crippen LogP contribution in [0.3, 0.4) is 0 Å². The molecule has 13 nitrogen and oxygen atoms in total. The van der Waals surface area contributed by atoms with Crippen LogP contribution in [0.4, 0.5) is 4.39 Å². The number of carboxylic acids is 1. The van der Waals surface area contributed by atoms with Gasteiger partial charge in [-0.1, -0.05) is 74.7 Å². The van der Waals surface area contributed by atoms with E-state index in [9.17, 15) is 48.6 Å². The number of hydrogen-bond donors (Lipinski definition) is 5. The lowest BCUT2D eigenvalue weighted by atomic mass is 9.75. The van der Waals surface area contributed by atoms with E-state index in [1.807, 2.05) is 0 Å². The van der Waals surface area contributed by atoms with E-state index >= 15 is 4.39 Å². The number of carbonyl (C=O) groups is 8. The molecule has 0 saturated heterocycles. The molecule has 0 spiro atoms. The van der Waals surface area contributed by atoms with Crippen LogP contribution in [0.5, 0.6) is 0 Å². The van der Waals surface area contributed by atoms with Gasteiger partial charge in [0.1, 0.15) is 5.82 Å². The number of hydrogen-bond acceptors (Lipinski definition) is 9. The average Bonchev–Trinajstić information content (AvgIpc) is 3.68. The predicted molar refractivity (Wildman–Crippen MR) is 202 cm³/mol. The summed E-state index contributed by atoms with van der Waals surface area (Å²) in [5.74, 6) is -13.1. The van der Waals surface area contributed by atoms with Crippen molar-refractivity contribution >= 4 is 46.8 Å². The molecule has 0 aliphatic heterocycles. The highest BCUT2D eigenvalue weighted by atomic mass is 19.1. The molecule has 56 heavy (non-hydrogen) atoms. The van der Waals surface area contributed by atoms with E-state index in [1.54, 1.807) is 30.3 Å². The maximum absolute atomic E-state index is 15.0. The second kappa shape index (κ2) is 19.8. The monoisotopic (exact) mass is 773 g/mol. The predicted octanol–water partition coefficient (Wildman–Crippen LogP) is 3.70. The number of Topliss-reactive ketones (excluding diaryl/α,β-unsaturated/α-hetero) is 3. The van der Waals surface area contributed by atoms with Crippen molar-refractivity contribution in [3.05, 3.63) is 94.8 Å². The Labute approximate surface area is 324 Å². The van der Waals surface area contributed by atoms with Crippen molar-refractivity contribution in [3.63, 3.8) is 0 Å². The van der Waals surface area contributed by atoms with Crippen LogP contribution < -0.4 is 16.4 Å². The first kappa shape index (κ1) is 43.1. The second-order valence-electron chi connectivity index (χ2n) is 14.4. The highest BCUT2D eigenvalue weighted by Gasteiger charge is 2.45. The minimum absolute atomic E-state index is 0.158. The number of aryl methyl sites for hydroxylation is 1. The average molecular weight is 774 g/mol. The number of benzene rings is 2. The third kappa shape index (κ3) is 10.4. The molecule has 0 aromatic heterocycles. The SMILES string of the molecule is C=C(C(=O)[C@@H]1CCCC1C(=O)[C@@H](NC(=O)c1c(F)ccc(C)c1C(=O)O)C1CCCCC1)C(CCO)C(=O)C(=O)NCC(=O)/C=C/[C@H](C(N)=O)c1ccccc1. The Kier molecular flexibility index (Phi) is 15.2. The highest BCUT2D eigenvalue weighted by molar-refractivity contribution is 6.38. The maximum atomic E-state index is 15.0. The van der Waals surface area contributed by atoms with Gasteiger partial charge in [-0.25, -0.2) is 9.18 Å². The smallest absolute Gasteiger partial charge is 0.336 e. The number of carboxylic acid groups (broad SMARTS) is 1. The highest BCUT2D eigenvalue weighted by Crippen LogP contribution is 2.39. The summed E-state index contributed by atoms with van der Waals surface area (Å²) in [6, 6.07) is 9.52. The standard InChI is InChI=1S/C42H48FN3O10/c1-23-16-19-32(43)34(33(23)42(55)56)40(53)46-35(26-12-7-4-8-13-26)37(50)31-15-9-14-30(31)36(49)24(2)28(20-21-47)38(51)41(54)45-22-27(48)17-18-29(39(44)52)25-10-5-3-6-11-25/h3,5-6,10-11,16-19,26,28-31,35,47H,2,4,7-9,12-15,20-22H2,1H3,(H2,44,52)(H,45,54)(H,46,53)(H,55,56)/b18-17+/t28?,29-,30+,31?,35-/m0/s1. The van der Waals surface area contributed by atoms with Crippen LogP contribution in [-0.2, 0) is 28.8 Å². The molecule has 2 unspecified atom stereocenters. The first-order valence-corrected chi connectivity index (χ1v) is 18.8. The molecule has 2 aliphatic rings. The van der Waals surface area contributed by atoms with E-state index in [0.29, 0.717) is 24.8 Å². The molecule has 4 rings (SSSR count). The lowest BCUT2D eigenvalue weighted by Crippen LogP contribution is -2.50. The van der Waals surface area contributed by atoms with Gasteiger partial charge < -0.3 is 26.6 Å². The van der Waals surface area contributed by atoms with E-state index in [1.165, 1.54) is 19.1 Å². The van der Waals surface area contributed by atoms with Crippen LogP contribution in [0.1, 0.15) is 95.5 Å². The molecule has 5 atom stereocenters. The number of carbonyl (C=O) groups excluding carboxylic acids is 7. The fraction of sp³-hybridized carbons (Fsp3) is 0.429. The number of ketones is 4. The Bertz CT molecular complexity index is 1900. The van der Waals surface area contributed by atoms with Gasteiger partial charge in [-0.2, -0.15) is 0 Å². The van der Waals surface area contributed by atoms with Gasteiger partial charge in [0.05, 0.1) is 35.5 Å². The topological polar surface area (TPSA) is 227 Å². The maximum Gasteiger partial charge on any atom is 0.336 e. The zero-order chi connectivity index (χ0) is 41.1. The molecule has 3 amide bonds. The van der Waals surface area contributed by atoms with Gasteiger partial charge in [-0.3, -0.25) is 33.6 Å². The molecular weight excluding hydrogens is 725 g/mol. The van der Waals surface area contributed by atoms with E-state index in [-0.39, 0.29) is 36.3 Å². The fourth-order valence-corrected chi connectivity index (χ4v) is 7.83. The van der Waals surface area contributed by atoms with Crippen LogP contribution in [-0.4, -0.2) is 76.2 Å². The third-order valence-corrected chi connectivity index (χ3v) is 10.8. The van der Waals surface area contributed by atoms with Gasteiger partial charge >= 0.3 is 5.97 Å². The molecule has 298 valence electrons. The lowest BCUT2D eigenvalue weighted by molar-refractivity contribution is -0.140. The molecule has 6 N–H and O–H groups in total. The van der Waals surface area contributed by atoms with Gasteiger partial charge in [0.25, 0.3) is 11.8 Å². The number of aliphatic hydroxyl groups is 1. The Morgan fingerprint density at radius 1 is 0.911 bits per heavy atom. The number of halogens is 1. The quantitative estimate of drug-likeness (QED) is 0.103. The fourth-order valence-electron chi connectivity index (χ4n) is 7.83. The summed E-state index contributed by atoms with van der Waals surface area (Å²) in [4.78, 5) is 105. The summed E-state index contributed by atoms with van der Waals surface area (Å²) in [5, 5.41) is 24.4. The zero-order valence-corrected chi connectivity index (χ0v) is 31.3. The van der Waals surface area contributed by atoms with E-state index < -0.39 is 107 Å². The second-order valence-corrected chi connectivity index (χ2v) is 14.4. The molecule has 2 aliphatic carbocycles. The zero-order valence-electron chi connectivity index (χ0n) is 31.3. The largest absolute Gasteiger partial charge is 0.478 e. The van der Waals surface area contributed by atoms with Crippen LogP contribution in [0, 0.1) is 36.4 Å². The molecule has 0 radical (unpaired) electrons. The number of aromatic carboxylic acids is 1. The number of nitrogens with one attached hydrogen (secondary N) is 2. The first-order chi connectivity index (χ1) is 26.7. The number of rotatable bonds is 19. The number of nitrogens with two attached hydrogens (primary N) is 1. The van der Waals surface area contributed by atoms with E-state index in [4.69, 9.17) is 5.73 Å². The number of allylic oxidation sites excluding steroid dienone is 1. The summed E-state index contributed by atoms with van der Waals surface area (Å²) < 4.78 is 15.0. The molecule has 0 bridgehead atoms. The Balaban J connectivity index is 1.48. The minimum Gasteiger partial charge on any atom is -0.478 e. The van der Waals surface area contributed by atoms with Crippen LogP contribution in [0.25, 0.3) is 0 Å². The molecule has 2 aromatic carbocycles. The normalized spacial score (nSPS) is 18.7. The van der Waals surface area contributed by atoms with Gasteiger partial charge in [-0.05, 0) is 73.8 Å². The van der Waals surface area contributed by atoms with Crippen molar-refractivity contribution in [2.45, 2.75) is 76.7 Å². The number of amides is 3. The van der Waals surface area contributed by atoms with Crippen LogP contribution in [0.15, 0.2) is 66.8 Å². The summed E-state index contributed by atoms with van der Waals surface area (Å²) >= 11 is 0. The molecule has 2 aromatic rings. The van der Waals surface area contributed by atoms with Crippen molar-refractivity contribution in [1.29, 1.82) is 0 Å². The van der Waals surface area contributed by atoms with Gasteiger partial charge in [0.15, 0.2) is 17.3 Å². The molecule has 14 heteroatoms. The summed E-state index contributed by atoms with van der Waals surface area (Å²) in [6.45, 7) is 4.02. The summed E-state index contributed by atoms with van der Waals surface area (Å²) in [5.41, 5.74) is 4.67. The molecule has 2 fully saturated rings. The lowest BCUT2D eigenvalue weighted by Gasteiger charge is -2.33. The van der Waals surface area contributed by atoms with Gasteiger partial charge in [0.2, 0.25) is 11.7 Å². The van der Waals surface area contributed by atoms with E-state index in [2.05, 4.69) is 17.2 Å². The van der Waals surface area contributed by atoms with Crippen molar-refractivity contribution in [1.82, 2.24) is 10.6 Å².